The molecular weight excluding hydrogens is 286 g/mol. The topological polar surface area (TPSA) is 78.9 Å². The largest absolute Gasteiger partial charge is 0.481 e. The van der Waals surface area contributed by atoms with E-state index < -0.39 is 5.97 Å². The van der Waals surface area contributed by atoms with Crippen molar-refractivity contribution in [2.45, 2.75) is 37.9 Å². The van der Waals surface area contributed by atoms with Gasteiger partial charge in [-0.15, -0.1) is 0 Å². The fourth-order valence-electron chi connectivity index (χ4n) is 2.39. The zero-order valence-corrected chi connectivity index (χ0v) is 12.9. The van der Waals surface area contributed by atoms with Crippen molar-refractivity contribution < 1.29 is 9.90 Å². The molecule has 110 valence electrons. The lowest BCUT2D eigenvalue weighted by Crippen LogP contribution is -2.08. The predicted octanol–water partition coefficient (Wildman–Crippen LogP) is 3.45. The van der Waals surface area contributed by atoms with Gasteiger partial charge in [0.1, 0.15) is 11.6 Å². The van der Waals surface area contributed by atoms with Crippen molar-refractivity contribution in [1.29, 1.82) is 5.26 Å². The van der Waals surface area contributed by atoms with Crippen LogP contribution in [0.3, 0.4) is 0 Å². The Kier molecular flexibility index (Phi) is 4.86. The van der Waals surface area contributed by atoms with Crippen LogP contribution in [0.1, 0.15) is 38.3 Å². The molecule has 1 aromatic carbocycles. The monoisotopic (exact) mass is 303 g/mol. The number of aliphatic carboxylic acids is 1. The Labute approximate surface area is 127 Å². The molecule has 0 bridgehead atoms. The molecule has 0 spiro atoms. The van der Waals surface area contributed by atoms with Crippen molar-refractivity contribution in [3.8, 4) is 6.07 Å². The Hall–Kier alpha value is -2.00. The summed E-state index contributed by atoms with van der Waals surface area (Å²) in [5, 5.41) is 18.7. The maximum absolute atomic E-state index is 10.8. The van der Waals surface area contributed by atoms with Gasteiger partial charge in [0.05, 0.1) is 16.8 Å². The Morgan fingerprint density at radius 1 is 1.57 bits per heavy atom. The van der Waals surface area contributed by atoms with Gasteiger partial charge in [-0.25, -0.2) is 4.98 Å². The maximum atomic E-state index is 10.8. The molecule has 1 N–H and O–H groups in total. The molecular formula is C15H17N3O2S. The Balaban J connectivity index is 2.56. The highest BCUT2D eigenvalue weighted by Crippen LogP contribution is 2.31. The summed E-state index contributed by atoms with van der Waals surface area (Å²) in [6, 6.07) is 7.86. The third kappa shape index (κ3) is 3.19. The molecule has 0 fully saturated rings. The summed E-state index contributed by atoms with van der Waals surface area (Å²) in [6.45, 7) is 4.20. The van der Waals surface area contributed by atoms with Gasteiger partial charge in [0.25, 0.3) is 0 Å². The minimum Gasteiger partial charge on any atom is -0.481 e. The number of carbonyl (C=O) groups is 1. The molecule has 5 nitrogen and oxygen atoms in total. The van der Waals surface area contributed by atoms with Crippen LogP contribution in [0, 0.1) is 11.3 Å². The SMILES string of the molecule is CCCC(C)n1c(SCC(=O)O)nc2c(C#N)cccc21. The molecule has 1 heterocycles. The Bertz CT molecular complexity index is 703. The lowest BCUT2D eigenvalue weighted by Gasteiger charge is -2.16. The molecule has 0 radical (unpaired) electrons. The molecule has 2 aromatic rings. The van der Waals surface area contributed by atoms with Gasteiger partial charge in [-0.3, -0.25) is 4.79 Å². The van der Waals surface area contributed by atoms with E-state index in [4.69, 9.17) is 5.11 Å². The maximum Gasteiger partial charge on any atom is 0.313 e. The second-order valence-electron chi connectivity index (χ2n) is 4.87. The number of aromatic nitrogens is 2. The average molecular weight is 303 g/mol. The molecule has 0 aliphatic carbocycles. The predicted molar refractivity (Wildman–Crippen MR) is 82.4 cm³/mol. The van der Waals surface area contributed by atoms with Gasteiger partial charge in [0.15, 0.2) is 5.16 Å². The number of carboxylic acids is 1. The zero-order valence-electron chi connectivity index (χ0n) is 12.0. The van der Waals surface area contributed by atoms with Gasteiger partial charge < -0.3 is 9.67 Å². The highest BCUT2D eigenvalue weighted by atomic mass is 32.2. The van der Waals surface area contributed by atoms with Crippen LogP contribution < -0.4 is 0 Å². The van der Waals surface area contributed by atoms with Crippen LogP contribution in [0.25, 0.3) is 11.0 Å². The van der Waals surface area contributed by atoms with Crippen LogP contribution >= 0.6 is 11.8 Å². The lowest BCUT2D eigenvalue weighted by atomic mass is 10.1. The molecule has 0 aliphatic heterocycles. The summed E-state index contributed by atoms with van der Waals surface area (Å²) in [6.07, 6.45) is 2.00. The molecule has 1 aromatic heterocycles. The number of hydrogen-bond donors (Lipinski definition) is 1. The average Bonchev–Trinajstić information content (AvgIpc) is 2.83. The van der Waals surface area contributed by atoms with E-state index in [2.05, 4.69) is 24.9 Å². The van der Waals surface area contributed by atoms with Gasteiger partial charge >= 0.3 is 5.97 Å². The van der Waals surface area contributed by atoms with Crippen molar-refractivity contribution in [3.05, 3.63) is 23.8 Å². The van der Waals surface area contributed by atoms with E-state index in [0.717, 1.165) is 18.4 Å². The van der Waals surface area contributed by atoms with Crippen molar-refractivity contribution in [1.82, 2.24) is 9.55 Å². The normalized spacial score (nSPS) is 12.2. The summed E-state index contributed by atoms with van der Waals surface area (Å²) >= 11 is 1.20. The van der Waals surface area contributed by atoms with Crippen LogP contribution in [-0.4, -0.2) is 26.4 Å². The summed E-state index contributed by atoms with van der Waals surface area (Å²) in [5.74, 6) is -0.911. The first-order valence-corrected chi connectivity index (χ1v) is 7.82. The lowest BCUT2D eigenvalue weighted by molar-refractivity contribution is -0.133. The molecule has 21 heavy (non-hydrogen) atoms. The fraction of sp³-hybridized carbons (Fsp3) is 0.400. The standard InChI is InChI=1S/C15H17N3O2S/c1-3-5-10(2)18-12-7-4-6-11(8-16)14(12)17-15(18)21-9-13(19)20/h4,6-7,10H,3,5,9H2,1-2H3,(H,19,20). The smallest absolute Gasteiger partial charge is 0.313 e. The van der Waals surface area contributed by atoms with E-state index in [9.17, 15) is 10.1 Å². The quantitative estimate of drug-likeness (QED) is 0.827. The molecule has 0 aliphatic rings. The number of nitrogens with zero attached hydrogens (tertiary/aromatic N) is 3. The number of thioether (sulfide) groups is 1. The molecule has 6 heteroatoms. The van der Waals surface area contributed by atoms with E-state index in [1.807, 2.05) is 16.7 Å². The van der Waals surface area contributed by atoms with Crippen molar-refractivity contribution in [2.75, 3.05) is 5.75 Å². The summed E-state index contributed by atoms with van der Waals surface area (Å²) in [4.78, 5) is 15.3. The van der Waals surface area contributed by atoms with Crippen molar-refractivity contribution in [3.63, 3.8) is 0 Å². The zero-order chi connectivity index (χ0) is 15.4. The third-order valence-electron chi connectivity index (χ3n) is 3.28. The van der Waals surface area contributed by atoms with E-state index in [1.54, 1.807) is 6.07 Å². The number of rotatable bonds is 6. The second kappa shape index (κ2) is 6.64. The van der Waals surface area contributed by atoms with Gasteiger partial charge in [0, 0.05) is 6.04 Å². The first-order valence-electron chi connectivity index (χ1n) is 6.84. The second-order valence-corrected chi connectivity index (χ2v) is 5.81. The van der Waals surface area contributed by atoms with E-state index in [1.165, 1.54) is 11.8 Å². The van der Waals surface area contributed by atoms with Crippen molar-refractivity contribution in [2.24, 2.45) is 0 Å². The van der Waals surface area contributed by atoms with Crippen molar-refractivity contribution >= 4 is 28.8 Å². The number of hydrogen-bond acceptors (Lipinski definition) is 4. The fourth-order valence-corrected chi connectivity index (χ4v) is 3.21. The van der Waals surface area contributed by atoms with Crippen LogP contribution in [0.4, 0.5) is 0 Å². The number of para-hydroxylation sites is 1. The summed E-state index contributed by atoms with van der Waals surface area (Å²) in [5.41, 5.74) is 2.06. The van der Waals surface area contributed by atoms with Gasteiger partial charge in [-0.05, 0) is 25.5 Å². The highest BCUT2D eigenvalue weighted by Gasteiger charge is 2.18. The number of nitriles is 1. The first-order chi connectivity index (χ1) is 10.1. The molecule has 2 rings (SSSR count). The minimum atomic E-state index is -0.873. The Morgan fingerprint density at radius 3 is 2.95 bits per heavy atom. The summed E-state index contributed by atoms with van der Waals surface area (Å²) in [7, 11) is 0. The molecule has 1 atom stereocenters. The Morgan fingerprint density at radius 2 is 2.33 bits per heavy atom. The molecule has 0 amide bonds. The molecule has 1 unspecified atom stereocenters. The van der Waals surface area contributed by atoms with E-state index in [0.29, 0.717) is 16.2 Å². The highest BCUT2D eigenvalue weighted by molar-refractivity contribution is 7.99. The van der Waals surface area contributed by atoms with Gasteiger partial charge in [0.2, 0.25) is 0 Å². The number of benzene rings is 1. The van der Waals surface area contributed by atoms with E-state index >= 15 is 0 Å². The van der Waals surface area contributed by atoms with Crippen LogP contribution in [0.15, 0.2) is 23.4 Å². The minimum absolute atomic E-state index is 0.0376. The number of imidazole rings is 1. The number of carboxylic acid groups (broad SMARTS) is 1. The summed E-state index contributed by atoms with van der Waals surface area (Å²) < 4.78 is 2.05. The third-order valence-corrected chi connectivity index (χ3v) is 4.22. The van der Waals surface area contributed by atoms with E-state index in [-0.39, 0.29) is 11.8 Å². The van der Waals surface area contributed by atoms with Crippen LogP contribution in [0.5, 0.6) is 0 Å². The van der Waals surface area contributed by atoms with Crippen LogP contribution in [-0.2, 0) is 4.79 Å². The van der Waals surface area contributed by atoms with Gasteiger partial charge in [-0.1, -0.05) is 31.2 Å². The van der Waals surface area contributed by atoms with Crippen LogP contribution in [0.2, 0.25) is 0 Å². The number of fused-ring (bicyclic) bond motifs is 1. The molecule has 0 saturated carbocycles. The van der Waals surface area contributed by atoms with Gasteiger partial charge in [-0.2, -0.15) is 5.26 Å². The molecule has 0 saturated heterocycles. The first kappa shape index (κ1) is 15.4.